The van der Waals surface area contributed by atoms with Gasteiger partial charge in [-0.25, -0.2) is 4.39 Å². The number of carbonyl (C=O) groups excluding carboxylic acids is 1. The Morgan fingerprint density at radius 1 is 1.22 bits per heavy atom. The molecule has 5 heteroatoms. The molecule has 0 aromatic heterocycles. The fourth-order valence-electron chi connectivity index (χ4n) is 3.30. The number of hydrogen-bond acceptors (Lipinski definition) is 4. The van der Waals surface area contributed by atoms with E-state index >= 15 is 0 Å². The van der Waals surface area contributed by atoms with Gasteiger partial charge in [-0.3, -0.25) is 0 Å². The number of nitrogens with zero attached hydrogens (tertiary/aromatic N) is 1. The molecule has 2 aromatic rings. The van der Waals surface area contributed by atoms with Crippen LogP contribution in [0.15, 0.2) is 42.5 Å². The van der Waals surface area contributed by atoms with Crippen molar-refractivity contribution in [2.75, 3.05) is 24.6 Å². The lowest BCUT2D eigenvalue weighted by Gasteiger charge is -2.40. The summed E-state index contributed by atoms with van der Waals surface area (Å²) < 4.78 is 25.1. The molecule has 2 aromatic carbocycles. The normalized spacial score (nSPS) is 15.2. The molecule has 0 amide bonds. The Bertz CT molecular complexity index is 785. The number of Topliss-reactive ketones (excluding diaryl/α,β-unsaturated/α-hetero) is 1. The van der Waals surface area contributed by atoms with Gasteiger partial charge in [0.25, 0.3) is 0 Å². The van der Waals surface area contributed by atoms with Crippen LogP contribution in [-0.2, 0) is 4.79 Å². The van der Waals surface area contributed by atoms with E-state index in [0.717, 1.165) is 18.8 Å². The molecule has 27 heavy (non-hydrogen) atoms. The van der Waals surface area contributed by atoms with Gasteiger partial charge >= 0.3 is 0 Å². The van der Waals surface area contributed by atoms with Gasteiger partial charge < -0.3 is 19.2 Å². The molecule has 1 fully saturated rings. The first kappa shape index (κ1) is 19.2. The summed E-state index contributed by atoms with van der Waals surface area (Å²) in [5.41, 5.74) is 2.28. The van der Waals surface area contributed by atoms with Crippen LogP contribution in [0.3, 0.4) is 0 Å². The first-order valence-corrected chi connectivity index (χ1v) is 9.39. The Hall–Kier alpha value is -2.56. The zero-order valence-electron chi connectivity index (χ0n) is 16.1. The highest BCUT2D eigenvalue weighted by Crippen LogP contribution is 2.29. The van der Waals surface area contributed by atoms with Gasteiger partial charge in [0.1, 0.15) is 17.6 Å². The van der Waals surface area contributed by atoms with E-state index in [2.05, 4.69) is 36.1 Å². The van der Waals surface area contributed by atoms with Crippen LogP contribution in [0.2, 0.25) is 0 Å². The predicted molar refractivity (Wildman–Crippen MR) is 104 cm³/mol. The molecule has 0 spiro atoms. The van der Waals surface area contributed by atoms with Crippen LogP contribution < -0.4 is 14.4 Å². The van der Waals surface area contributed by atoms with Crippen molar-refractivity contribution in [2.45, 2.75) is 39.2 Å². The maximum atomic E-state index is 14.1. The van der Waals surface area contributed by atoms with Crippen LogP contribution in [0.5, 0.6) is 11.5 Å². The molecule has 1 saturated heterocycles. The largest absolute Gasteiger partial charge is 0.494 e. The van der Waals surface area contributed by atoms with Gasteiger partial charge in [0, 0.05) is 18.2 Å². The first-order valence-electron chi connectivity index (χ1n) is 9.39. The summed E-state index contributed by atoms with van der Waals surface area (Å²) in [7, 11) is 0. The Morgan fingerprint density at radius 2 is 1.93 bits per heavy atom. The van der Waals surface area contributed by atoms with E-state index < -0.39 is 5.82 Å². The van der Waals surface area contributed by atoms with Crippen LogP contribution >= 0.6 is 0 Å². The van der Waals surface area contributed by atoms with Gasteiger partial charge in [-0.05, 0) is 49.6 Å². The monoisotopic (exact) mass is 371 g/mol. The molecule has 0 N–H and O–H groups in total. The molecule has 1 aliphatic heterocycles. The van der Waals surface area contributed by atoms with Crippen LogP contribution in [0.1, 0.15) is 38.7 Å². The highest BCUT2D eigenvalue weighted by Gasteiger charge is 2.29. The standard InChI is InChI=1S/C22H26FNO3/c1-4-26-19-9-10-22(21(23)12-19)27-20-13-24(14-20)18-7-5-17(6-8-18)15(2)11-16(3)25/h5-10,12,15,20H,4,11,13-14H2,1-3H3/t15-/m1/s1. The fourth-order valence-corrected chi connectivity index (χ4v) is 3.30. The Balaban J connectivity index is 1.53. The topological polar surface area (TPSA) is 38.8 Å². The number of anilines is 1. The van der Waals surface area contributed by atoms with Gasteiger partial charge in [-0.15, -0.1) is 0 Å². The number of carbonyl (C=O) groups is 1. The minimum atomic E-state index is -0.400. The van der Waals surface area contributed by atoms with E-state index in [4.69, 9.17) is 9.47 Å². The fraction of sp³-hybridized carbons (Fsp3) is 0.409. The van der Waals surface area contributed by atoms with Gasteiger partial charge in [0.05, 0.1) is 19.7 Å². The Kier molecular flexibility index (Phi) is 5.99. The molecule has 0 bridgehead atoms. The highest BCUT2D eigenvalue weighted by atomic mass is 19.1. The molecule has 3 rings (SSSR count). The van der Waals surface area contributed by atoms with E-state index in [0.29, 0.717) is 18.8 Å². The van der Waals surface area contributed by atoms with E-state index in [9.17, 15) is 9.18 Å². The number of hydrogen-bond donors (Lipinski definition) is 0. The smallest absolute Gasteiger partial charge is 0.168 e. The SMILES string of the molecule is CCOc1ccc(OC2CN(c3ccc([C@H](C)CC(C)=O)cc3)C2)c(F)c1. The average Bonchev–Trinajstić information content (AvgIpc) is 2.59. The van der Waals surface area contributed by atoms with Crippen molar-refractivity contribution in [1.82, 2.24) is 0 Å². The average molecular weight is 371 g/mol. The molecule has 1 aliphatic rings. The summed E-state index contributed by atoms with van der Waals surface area (Å²) in [6.07, 6.45) is 0.529. The minimum Gasteiger partial charge on any atom is -0.494 e. The van der Waals surface area contributed by atoms with Gasteiger partial charge in [-0.1, -0.05) is 19.1 Å². The number of ether oxygens (including phenoxy) is 2. The van der Waals surface area contributed by atoms with Crippen molar-refractivity contribution in [3.05, 3.63) is 53.8 Å². The summed E-state index contributed by atoms with van der Waals surface area (Å²) in [4.78, 5) is 13.5. The van der Waals surface area contributed by atoms with E-state index in [-0.39, 0.29) is 23.6 Å². The van der Waals surface area contributed by atoms with Crippen LogP contribution in [0.4, 0.5) is 10.1 Å². The number of rotatable bonds is 8. The number of benzene rings is 2. The molecular weight excluding hydrogens is 345 g/mol. The molecule has 1 heterocycles. The molecule has 0 radical (unpaired) electrons. The van der Waals surface area contributed by atoms with Crippen molar-refractivity contribution in [3.63, 3.8) is 0 Å². The van der Waals surface area contributed by atoms with Crippen molar-refractivity contribution in [2.24, 2.45) is 0 Å². The van der Waals surface area contributed by atoms with Crippen LogP contribution in [0, 0.1) is 5.82 Å². The molecular formula is C22H26FNO3. The summed E-state index contributed by atoms with van der Waals surface area (Å²) in [5.74, 6) is 0.805. The highest BCUT2D eigenvalue weighted by molar-refractivity contribution is 5.76. The van der Waals surface area contributed by atoms with Gasteiger partial charge in [0.2, 0.25) is 0 Å². The van der Waals surface area contributed by atoms with E-state index in [1.807, 2.05) is 6.92 Å². The Morgan fingerprint density at radius 3 is 2.52 bits per heavy atom. The summed E-state index contributed by atoms with van der Waals surface area (Å²) in [6, 6.07) is 13.0. The molecule has 1 atom stereocenters. The predicted octanol–water partition coefficient (Wildman–Crippen LogP) is 4.57. The number of halogens is 1. The third kappa shape index (κ3) is 4.79. The Labute approximate surface area is 159 Å². The van der Waals surface area contributed by atoms with Crippen molar-refractivity contribution in [3.8, 4) is 11.5 Å². The van der Waals surface area contributed by atoms with E-state index in [1.54, 1.807) is 19.1 Å². The summed E-state index contributed by atoms with van der Waals surface area (Å²) >= 11 is 0. The molecule has 144 valence electrons. The second kappa shape index (κ2) is 8.42. The quantitative estimate of drug-likeness (QED) is 0.681. The molecule has 4 nitrogen and oxygen atoms in total. The maximum Gasteiger partial charge on any atom is 0.168 e. The summed E-state index contributed by atoms with van der Waals surface area (Å²) in [6.45, 7) is 7.49. The second-order valence-electron chi connectivity index (χ2n) is 7.07. The van der Waals surface area contributed by atoms with Crippen molar-refractivity contribution < 1.29 is 18.7 Å². The zero-order chi connectivity index (χ0) is 19.4. The molecule has 0 saturated carbocycles. The molecule has 0 aliphatic carbocycles. The van der Waals surface area contributed by atoms with Gasteiger partial charge in [-0.2, -0.15) is 0 Å². The lowest BCUT2D eigenvalue weighted by atomic mass is 9.95. The van der Waals surface area contributed by atoms with Gasteiger partial charge in [0.15, 0.2) is 11.6 Å². The maximum absolute atomic E-state index is 14.1. The summed E-state index contributed by atoms with van der Waals surface area (Å²) in [5, 5.41) is 0. The minimum absolute atomic E-state index is 0.0336. The van der Waals surface area contributed by atoms with Crippen molar-refractivity contribution in [1.29, 1.82) is 0 Å². The second-order valence-corrected chi connectivity index (χ2v) is 7.07. The number of ketones is 1. The van der Waals surface area contributed by atoms with Crippen LogP contribution in [0.25, 0.3) is 0 Å². The molecule has 0 unspecified atom stereocenters. The third-order valence-corrected chi connectivity index (χ3v) is 4.78. The third-order valence-electron chi connectivity index (χ3n) is 4.78. The van der Waals surface area contributed by atoms with Crippen molar-refractivity contribution >= 4 is 11.5 Å². The zero-order valence-corrected chi connectivity index (χ0v) is 16.1. The van der Waals surface area contributed by atoms with E-state index in [1.165, 1.54) is 11.6 Å². The lowest BCUT2D eigenvalue weighted by molar-refractivity contribution is -0.117. The lowest BCUT2D eigenvalue weighted by Crippen LogP contribution is -2.54. The first-order chi connectivity index (χ1) is 13.0. The van der Waals surface area contributed by atoms with Crippen LogP contribution in [-0.4, -0.2) is 31.6 Å².